The first kappa shape index (κ1) is 16.8. The van der Waals surface area contributed by atoms with Crippen molar-refractivity contribution in [2.75, 3.05) is 5.32 Å². The van der Waals surface area contributed by atoms with E-state index in [1.165, 1.54) is 5.56 Å². The van der Waals surface area contributed by atoms with Gasteiger partial charge in [-0.1, -0.05) is 41.6 Å². The molecule has 0 aliphatic carbocycles. The van der Waals surface area contributed by atoms with E-state index in [0.717, 1.165) is 11.1 Å². The monoisotopic (exact) mass is 336 g/mol. The molecule has 2 aromatic carbocycles. The van der Waals surface area contributed by atoms with Gasteiger partial charge in [0.1, 0.15) is 11.4 Å². The Morgan fingerprint density at radius 1 is 1.08 bits per heavy atom. The van der Waals surface area contributed by atoms with Crippen LogP contribution >= 0.6 is 0 Å². The van der Waals surface area contributed by atoms with Crippen LogP contribution < -0.4 is 10.1 Å². The van der Waals surface area contributed by atoms with E-state index >= 15 is 0 Å². The van der Waals surface area contributed by atoms with Crippen LogP contribution in [0.15, 0.2) is 59.1 Å². The van der Waals surface area contributed by atoms with Crippen molar-refractivity contribution in [3.05, 3.63) is 65.7 Å². The van der Waals surface area contributed by atoms with Crippen molar-refractivity contribution in [2.24, 2.45) is 0 Å². The molecular weight excluding hydrogens is 316 g/mol. The first-order valence-corrected chi connectivity index (χ1v) is 8.10. The van der Waals surface area contributed by atoms with Crippen LogP contribution in [0.3, 0.4) is 0 Å². The van der Waals surface area contributed by atoms with Gasteiger partial charge in [0.05, 0.1) is 0 Å². The Labute approximate surface area is 146 Å². The molecule has 25 heavy (non-hydrogen) atoms. The third kappa shape index (κ3) is 4.07. The second-order valence-electron chi connectivity index (χ2n) is 5.94. The maximum atomic E-state index is 12.3. The molecule has 0 saturated carbocycles. The van der Waals surface area contributed by atoms with E-state index in [2.05, 4.69) is 10.5 Å². The Hall–Kier alpha value is -3.08. The maximum Gasteiger partial charge on any atom is 0.267 e. The van der Waals surface area contributed by atoms with Gasteiger partial charge in [-0.25, -0.2) is 0 Å². The lowest BCUT2D eigenvalue weighted by Crippen LogP contribution is -2.30. The van der Waals surface area contributed by atoms with Crippen molar-refractivity contribution in [1.82, 2.24) is 5.16 Å². The van der Waals surface area contributed by atoms with Crippen molar-refractivity contribution in [1.29, 1.82) is 0 Å². The van der Waals surface area contributed by atoms with Gasteiger partial charge in [-0.2, -0.15) is 0 Å². The molecule has 0 radical (unpaired) electrons. The van der Waals surface area contributed by atoms with E-state index in [1.54, 1.807) is 13.0 Å². The quantitative estimate of drug-likeness (QED) is 0.751. The SMILES string of the molecule is Cc1ccc(O[C@@H](C)C(=O)Nc2cc(-c3ccccc3)no2)cc1C. The average Bonchev–Trinajstić information content (AvgIpc) is 3.07. The minimum absolute atomic E-state index is 0.291. The number of hydrogen-bond acceptors (Lipinski definition) is 4. The zero-order valence-electron chi connectivity index (χ0n) is 14.4. The summed E-state index contributed by atoms with van der Waals surface area (Å²) in [6, 6.07) is 17.0. The van der Waals surface area contributed by atoms with Crippen molar-refractivity contribution >= 4 is 11.8 Å². The molecule has 1 heterocycles. The van der Waals surface area contributed by atoms with Crippen LogP contribution in [0.4, 0.5) is 5.88 Å². The van der Waals surface area contributed by atoms with Crippen LogP contribution in [0, 0.1) is 13.8 Å². The minimum Gasteiger partial charge on any atom is -0.481 e. The van der Waals surface area contributed by atoms with Crippen molar-refractivity contribution in [2.45, 2.75) is 26.9 Å². The first-order valence-electron chi connectivity index (χ1n) is 8.10. The number of rotatable bonds is 5. The van der Waals surface area contributed by atoms with Gasteiger partial charge in [-0.15, -0.1) is 0 Å². The number of nitrogens with zero attached hydrogens (tertiary/aromatic N) is 1. The third-order valence-electron chi connectivity index (χ3n) is 3.99. The molecule has 1 atom stereocenters. The molecule has 0 fully saturated rings. The van der Waals surface area contributed by atoms with Gasteiger partial charge in [-0.3, -0.25) is 10.1 Å². The molecule has 5 heteroatoms. The van der Waals surface area contributed by atoms with E-state index in [1.807, 2.05) is 62.4 Å². The summed E-state index contributed by atoms with van der Waals surface area (Å²) >= 11 is 0. The number of amides is 1. The predicted octanol–water partition coefficient (Wildman–Crippen LogP) is 4.36. The summed E-state index contributed by atoms with van der Waals surface area (Å²) in [6.45, 7) is 5.73. The zero-order valence-corrected chi connectivity index (χ0v) is 14.4. The van der Waals surface area contributed by atoms with Crippen LogP contribution in [0.5, 0.6) is 5.75 Å². The van der Waals surface area contributed by atoms with Gasteiger partial charge in [0.2, 0.25) is 5.88 Å². The lowest BCUT2D eigenvalue weighted by molar-refractivity contribution is -0.122. The zero-order chi connectivity index (χ0) is 17.8. The highest BCUT2D eigenvalue weighted by Gasteiger charge is 2.17. The summed E-state index contributed by atoms with van der Waals surface area (Å²) in [6.07, 6.45) is -0.660. The van der Waals surface area contributed by atoms with E-state index in [9.17, 15) is 4.79 Å². The second-order valence-corrected chi connectivity index (χ2v) is 5.94. The smallest absolute Gasteiger partial charge is 0.267 e. The lowest BCUT2D eigenvalue weighted by atomic mass is 10.1. The van der Waals surface area contributed by atoms with Gasteiger partial charge < -0.3 is 9.26 Å². The van der Waals surface area contributed by atoms with E-state index in [4.69, 9.17) is 9.26 Å². The highest BCUT2D eigenvalue weighted by molar-refractivity contribution is 5.93. The number of aryl methyl sites for hydroxylation is 2. The molecule has 3 aromatic rings. The molecule has 1 N–H and O–H groups in total. The van der Waals surface area contributed by atoms with Crippen molar-refractivity contribution in [3.63, 3.8) is 0 Å². The molecule has 0 saturated heterocycles. The lowest BCUT2D eigenvalue weighted by Gasteiger charge is -2.14. The topological polar surface area (TPSA) is 64.4 Å². The van der Waals surface area contributed by atoms with Gasteiger partial charge in [-0.05, 0) is 44.0 Å². The van der Waals surface area contributed by atoms with E-state index < -0.39 is 6.10 Å². The van der Waals surface area contributed by atoms with Crippen LogP contribution in [-0.2, 0) is 4.79 Å². The highest BCUT2D eigenvalue weighted by Crippen LogP contribution is 2.22. The molecule has 128 valence electrons. The molecule has 3 rings (SSSR count). The molecule has 1 amide bonds. The highest BCUT2D eigenvalue weighted by atomic mass is 16.5. The third-order valence-corrected chi connectivity index (χ3v) is 3.99. The Kier molecular flexibility index (Phi) is 4.84. The Morgan fingerprint density at radius 3 is 2.56 bits per heavy atom. The summed E-state index contributed by atoms with van der Waals surface area (Å²) < 4.78 is 10.9. The standard InChI is InChI=1S/C20H20N2O3/c1-13-9-10-17(11-14(13)2)24-15(3)20(23)21-19-12-18(22-25-19)16-7-5-4-6-8-16/h4-12,15H,1-3H3,(H,21,23)/t15-/m0/s1. The minimum atomic E-state index is -0.660. The number of aromatic nitrogens is 1. The van der Waals surface area contributed by atoms with Crippen LogP contribution in [0.2, 0.25) is 0 Å². The average molecular weight is 336 g/mol. The van der Waals surface area contributed by atoms with E-state index in [0.29, 0.717) is 17.3 Å². The number of anilines is 1. The van der Waals surface area contributed by atoms with E-state index in [-0.39, 0.29) is 5.91 Å². The molecule has 0 unspecified atom stereocenters. The number of nitrogens with one attached hydrogen (secondary N) is 1. The molecule has 0 aliphatic heterocycles. The molecule has 0 bridgehead atoms. The van der Waals surface area contributed by atoms with Crippen LogP contribution in [0.1, 0.15) is 18.1 Å². The first-order chi connectivity index (χ1) is 12.0. The number of ether oxygens (including phenoxy) is 1. The number of benzene rings is 2. The fraction of sp³-hybridized carbons (Fsp3) is 0.200. The summed E-state index contributed by atoms with van der Waals surface area (Å²) in [5, 5.41) is 6.66. The van der Waals surface area contributed by atoms with Gasteiger partial charge >= 0.3 is 0 Å². The number of carbonyl (C=O) groups is 1. The Morgan fingerprint density at radius 2 is 1.84 bits per heavy atom. The summed E-state index contributed by atoms with van der Waals surface area (Å²) in [5.41, 5.74) is 3.89. The van der Waals surface area contributed by atoms with Crippen LogP contribution in [-0.4, -0.2) is 17.2 Å². The summed E-state index contributed by atoms with van der Waals surface area (Å²) in [4.78, 5) is 12.3. The van der Waals surface area contributed by atoms with Gasteiger partial charge in [0.15, 0.2) is 6.10 Å². The number of hydrogen-bond donors (Lipinski definition) is 1. The van der Waals surface area contributed by atoms with Gasteiger partial charge in [0, 0.05) is 11.6 Å². The summed E-state index contributed by atoms with van der Waals surface area (Å²) in [7, 11) is 0. The molecule has 5 nitrogen and oxygen atoms in total. The molecular formula is C20H20N2O3. The van der Waals surface area contributed by atoms with Gasteiger partial charge in [0.25, 0.3) is 5.91 Å². The molecule has 0 spiro atoms. The second kappa shape index (κ2) is 7.21. The number of carbonyl (C=O) groups excluding carboxylic acids is 1. The van der Waals surface area contributed by atoms with Crippen LogP contribution in [0.25, 0.3) is 11.3 Å². The van der Waals surface area contributed by atoms with Crippen molar-refractivity contribution in [3.8, 4) is 17.0 Å². The molecule has 0 aliphatic rings. The maximum absolute atomic E-state index is 12.3. The summed E-state index contributed by atoms with van der Waals surface area (Å²) in [5.74, 6) is 0.654. The Bertz CT molecular complexity index is 872. The predicted molar refractivity (Wildman–Crippen MR) is 96.6 cm³/mol. The normalized spacial score (nSPS) is 11.8. The molecule has 1 aromatic heterocycles. The fourth-order valence-electron chi connectivity index (χ4n) is 2.35. The Balaban J connectivity index is 1.63. The van der Waals surface area contributed by atoms with Crippen molar-refractivity contribution < 1.29 is 14.1 Å². The fourth-order valence-corrected chi connectivity index (χ4v) is 2.35. The largest absolute Gasteiger partial charge is 0.481 e.